The molecule has 178 valence electrons. The van der Waals surface area contributed by atoms with Gasteiger partial charge in [0.05, 0.1) is 30.8 Å². The Hall–Kier alpha value is -3.33. The van der Waals surface area contributed by atoms with Gasteiger partial charge in [-0.3, -0.25) is 14.2 Å². The van der Waals surface area contributed by atoms with Crippen LogP contribution in [-0.4, -0.2) is 59.4 Å². The molecule has 0 spiro atoms. The Balaban J connectivity index is 1.46. The van der Waals surface area contributed by atoms with E-state index in [2.05, 4.69) is 4.57 Å². The first-order chi connectivity index (χ1) is 16.5. The van der Waals surface area contributed by atoms with E-state index in [1.165, 1.54) is 4.57 Å². The lowest BCUT2D eigenvalue weighted by atomic mass is 10.1. The Morgan fingerprint density at radius 3 is 2.44 bits per heavy atom. The molecule has 0 bridgehead atoms. The van der Waals surface area contributed by atoms with E-state index in [9.17, 15) is 9.59 Å². The largest absolute Gasteiger partial charge is 0.486 e. The second-order valence-corrected chi connectivity index (χ2v) is 9.22. The van der Waals surface area contributed by atoms with Gasteiger partial charge in [-0.25, -0.2) is 4.98 Å². The SMILES string of the molecule is Cc1cc(C(=O)Cn2c(=O)c(N3CCOCC3)nc3cc4c(cc32)OCCO4)c(C)n1C1CC1. The molecular formula is C25H28N4O5. The number of ether oxygens (including phenoxy) is 3. The van der Waals surface area contributed by atoms with Gasteiger partial charge in [0, 0.05) is 48.2 Å². The number of nitrogens with zero attached hydrogens (tertiary/aromatic N) is 4. The predicted molar refractivity (Wildman–Crippen MR) is 127 cm³/mol. The standard InChI is InChI=1S/C25H28N4O5/c1-15-11-18(16(2)29(15)17-3-4-17)21(30)14-28-20-13-23-22(33-9-10-34-23)12-19(20)26-24(25(28)31)27-5-7-32-8-6-27/h11-13,17H,3-10,14H2,1-2H3. The van der Waals surface area contributed by atoms with Gasteiger partial charge < -0.3 is 23.7 Å². The van der Waals surface area contributed by atoms with Crippen molar-refractivity contribution < 1.29 is 19.0 Å². The van der Waals surface area contributed by atoms with Crippen LogP contribution in [0.2, 0.25) is 0 Å². The van der Waals surface area contributed by atoms with Crippen molar-refractivity contribution in [2.75, 3.05) is 44.4 Å². The minimum atomic E-state index is -0.282. The van der Waals surface area contributed by atoms with Gasteiger partial charge in [0.1, 0.15) is 13.2 Å². The van der Waals surface area contributed by atoms with Crippen molar-refractivity contribution in [3.63, 3.8) is 0 Å². The summed E-state index contributed by atoms with van der Waals surface area (Å²) < 4.78 is 20.7. The number of ketones is 1. The van der Waals surface area contributed by atoms with E-state index in [0.29, 0.717) is 79.5 Å². The zero-order chi connectivity index (χ0) is 23.4. The highest BCUT2D eigenvalue weighted by Gasteiger charge is 2.29. The van der Waals surface area contributed by atoms with Crippen LogP contribution in [0.3, 0.4) is 0 Å². The van der Waals surface area contributed by atoms with Crippen molar-refractivity contribution in [1.82, 2.24) is 14.1 Å². The van der Waals surface area contributed by atoms with E-state index in [1.54, 1.807) is 12.1 Å². The summed E-state index contributed by atoms with van der Waals surface area (Å²) >= 11 is 0. The highest BCUT2D eigenvalue weighted by Crippen LogP contribution is 2.38. The smallest absolute Gasteiger partial charge is 0.294 e. The zero-order valence-electron chi connectivity index (χ0n) is 19.5. The van der Waals surface area contributed by atoms with Gasteiger partial charge in [0.25, 0.3) is 5.56 Å². The summed E-state index contributed by atoms with van der Waals surface area (Å²) in [6.45, 7) is 7.09. The molecule has 0 atom stereocenters. The number of morpholine rings is 1. The Morgan fingerprint density at radius 2 is 1.74 bits per heavy atom. The number of aryl methyl sites for hydroxylation is 1. The highest BCUT2D eigenvalue weighted by atomic mass is 16.6. The van der Waals surface area contributed by atoms with E-state index < -0.39 is 0 Å². The highest BCUT2D eigenvalue weighted by molar-refractivity contribution is 5.98. The molecule has 6 rings (SSSR count). The molecule has 3 aliphatic rings. The van der Waals surface area contributed by atoms with Gasteiger partial charge in [-0.2, -0.15) is 0 Å². The molecule has 2 aromatic heterocycles. The predicted octanol–water partition coefficient (Wildman–Crippen LogP) is 2.64. The van der Waals surface area contributed by atoms with Crippen molar-refractivity contribution >= 4 is 22.6 Å². The normalized spacial score (nSPS) is 17.9. The number of hydrogen-bond acceptors (Lipinski definition) is 7. The second-order valence-electron chi connectivity index (χ2n) is 9.22. The molecule has 2 fully saturated rings. The quantitative estimate of drug-likeness (QED) is 0.537. The number of carbonyl (C=O) groups excluding carboxylic acids is 1. The Labute approximate surface area is 196 Å². The molecule has 0 unspecified atom stereocenters. The molecule has 1 saturated carbocycles. The lowest BCUT2D eigenvalue weighted by molar-refractivity contribution is 0.0971. The average molecular weight is 465 g/mol. The maximum Gasteiger partial charge on any atom is 0.294 e. The summed E-state index contributed by atoms with van der Waals surface area (Å²) in [5, 5.41) is 0. The van der Waals surface area contributed by atoms with Crippen LogP contribution in [-0.2, 0) is 11.3 Å². The van der Waals surface area contributed by atoms with Crippen LogP contribution in [0.25, 0.3) is 11.0 Å². The van der Waals surface area contributed by atoms with Gasteiger partial charge in [-0.1, -0.05) is 0 Å². The van der Waals surface area contributed by atoms with Crippen LogP contribution >= 0.6 is 0 Å². The lowest BCUT2D eigenvalue weighted by Crippen LogP contribution is -2.41. The Kier molecular flexibility index (Phi) is 5.09. The monoisotopic (exact) mass is 464 g/mol. The third-order valence-electron chi connectivity index (χ3n) is 6.90. The van der Waals surface area contributed by atoms with Crippen LogP contribution in [0, 0.1) is 13.8 Å². The van der Waals surface area contributed by atoms with Crippen molar-refractivity contribution in [2.45, 2.75) is 39.3 Å². The number of carbonyl (C=O) groups is 1. The first-order valence-electron chi connectivity index (χ1n) is 11.9. The number of anilines is 1. The van der Waals surface area contributed by atoms with Gasteiger partial charge in [-0.05, 0) is 32.8 Å². The number of aromatic nitrogens is 3. The van der Waals surface area contributed by atoms with E-state index in [4.69, 9.17) is 19.2 Å². The first kappa shape index (κ1) is 21.2. The summed E-state index contributed by atoms with van der Waals surface area (Å²) in [6, 6.07) is 6.00. The van der Waals surface area contributed by atoms with Crippen molar-refractivity contribution in [3.8, 4) is 11.5 Å². The Bertz CT molecular complexity index is 1350. The number of fused-ring (bicyclic) bond motifs is 2. The number of Topliss-reactive ketones (excluding diaryl/α,β-unsaturated/α-hetero) is 1. The molecule has 1 aliphatic carbocycles. The Morgan fingerprint density at radius 1 is 1.03 bits per heavy atom. The van der Waals surface area contributed by atoms with Crippen LogP contribution in [0.1, 0.15) is 40.6 Å². The minimum Gasteiger partial charge on any atom is -0.486 e. The fourth-order valence-electron chi connectivity index (χ4n) is 5.09. The summed E-state index contributed by atoms with van der Waals surface area (Å²) in [4.78, 5) is 33.8. The maximum atomic E-state index is 13.7. The number of benzene rings is 1. The summed E-state index contributed by atoms with van der Waals surface area (Å²) in [5.41, 5.74) is 3.61. The van der Waals surface area contributed by atoms with E-state index in [0.717, 1.165) is 24.2 Å². The summed E-state index contributed by atoms with van der Waals surface area (Å²) in [7, 11) is 0. The molecule has 3 aromatic rings. The van der Waals surface area contributed by atoms with E-state index >= 15 is 0 Å². The molecule has 0 N–H and O–H groups in total. The number of hydrogen-bond donors (Lipinski definition) is 0. The third-order valence-corrected chi connectivity index (χ3v) is 6.90. The van der Waals surface area contributed by atoms with Gasteiger partial charge in [0.15, 0.2) is 23.1 Å². The molecule has 4 heterocycles. The first-order valence-corrected chi connectivity index (χ1v) is 11.9. The maximum absolute atomic E-state index is 13.7. The summed E-state index contributed by atoms with van der Waals surface area (Å²) in [6.07, 6.45) is 2.29. The average Bonchev–Trinajstić information content (AvgIpc) is 3.63. The molecule has 0 radical (unpaired) electrons. The van der Waals surface area contributed by atoms with E-state index in [1.807, 2.05) is 24.8 Å². The molecular weight excluding hydrogens is 436 g/mol. The zero-order valence-corrected chi connectivity index (χ0v) is 19.5. The van der Waals surface area contributed by atoms with Crippen LogP contribution in [0.5, 0.6) is 11.5 Å². The minimum absolute atomic E-state index is 0.0657. The van der Waals surface area contributed by atoms with Crippen LogP contribution in [0.4, 0.5) is 5.82 Å². The lowest BCUT2D eigenvalue weighted by Gasteiger charge is -2.28. The van der Waals surface area contributed by atoms with Gasteiger partial charge in [0.2, 0.25) is 0 Å². The summed E-state index contributed by atoms with van der Waals surface area (Å²) in [5.74, 6) is 1.41. The molecule has 9 nitrogen and oxygen atoms in total. The van der Waals surface area contributed by atoms with Gasteiger partial charge in [-0.15, -0.1) is 0 Å². The molecule has 1 saturated heterocycles. The van der Waals surface area contributed by atoms with Crippen LogP contribution < -0.4 is 19.9 Å². The van der Waals surface area contributed by atoms with Crippen LogP contribution in [0.15, 0.2) is 23.0 Å². The fourth-order valence-corrected chi connectivity index (χ4v) is 5.09. The van der Waals surface area contributed by atoms with E-state index in [-0.39, 0.29) is 17.9 Å². The van der Waals surface area contributed by atoms with Crippen molar-refractivity contribution in [2.24, 2.45) is 0 Å². The van der Waals surface area contributed by atoms with Gasteiger partial charge >= 0.3 is 0 Å². The van der Waals surface area contributed by atoms with Crippen molar-refractivity contribution in [1.29, 1.82) is 0 Å². The van der Waals surface area contributed by atoms with Crippen molar-refractivity contribution in [3.05, 3.63) is 45.5 Å². The molecule has 2 aliphatic heterocycles. The third kappa shape index (κ3) is 3.55. The number of rotatable bonds is 5. The second kappa shape index (κ2) is 8.16. The fraction of sp³-hybridized carbons (Fsp3) is 0.480. The molecule has 9 heteroatoms. The molecule has 34 heavy (non-hydrogen) atoms. The molecule has 1 aromatic carbocycles. The topological polar surface area (TPSA) is 87.8 Å². The molecule has 0 amide bonds.